The van der Waals surface area contributed by atoms with Gasteiger partial charge in [-0.1, -0.05) is 42.3 Å². The number of rotatable bonds is 5. The zero-order chi connectivity index (χ0) is 13.5. The molecule has 0 aliphatic heterocycles. The lowest BCUT2D eigenvalue weighted by Gasteiger charge is -2.22. The zero-order valence-electron chi connectivity index (χ0n) is 11.0. The number of allylic oxidation sites excluding steroid dienone is 2. The van der Waals surface area contributed by atoms with Crippen LogP contribution in [0, 0.1) is 11.8 Å². The first kappa shape index (κ1) is 14.0. The molecule has 2 atom stereocenters. The average molecular weight is 277 g/mol. The van der Waals surface area contributed by atoms with E-state index in [1.807, 2.05) is 30.3 Å². The molecule has 0 amide bonds. The normalized spacial score (nSPS) is 21.9. The van der Waals surface area contributed by atoms with E-state index >= 15 is 0 Å². The van der Waals surface area contributed by atoms with Gasteiger partial charge in [0.1, 0.15) is 0 Å². The number of nitrogens with one attached hydrogen (secondary N) is 1. The van der Waals surface area contributed by atoms with E-state index in [2.05, 4.69) is 16.9 Å². The molecule has 0 saturated heterocycles. The third-order valence-electron chi connectivity index (χ3n) is 3.21. The first-order valence-electron chi connectivity index (χ1n) is 6.47. The molecule has 1 aromatic carbocycles. The molecule has 0 heterocycles. The molecule has 1 N–H and O–H groups in total. The molecule has 1 aliphatic rings. The molecule has 2 unspecified atom stereocenters. The summed E-state index contributed by atoms with van der Waals surface area (Å²) < 4.78 is 8.13. The SMILES string of the molecule is COC(=O)C1CC=CC(CSNc2ccccc2)C1. The van der Waals surface area contributed by atoms with Crippen molar-refractivity contribution in [2.75, 3.05) is 17.6 Å². The number of benzene rings is 1. The molecule has 102 valence electrons. The second kappa shape index (κ2) is 7.24. The molecule has 1 aliphatic carbocycles. The van der Waals surface area contributed by atoms with E-state index in [4.69, 9.17) is 4.74 Å². The molecule has 0 fully saturated rings. The summed E-state index contributed by atoms with van der Waals surface area (Å²) in [5.41, 5.74) is 1.11. The van der Waals surface area contributed by atoms with Gasteiger partial charge in [0, 0.05) is 11.4 Å². The highest BCUT2D eigenvalue weighted by molar-refractivity contribution is 8.00. The Balaban J connectivity index is 1.76. The van der Waals surface area contributed by atoms with Gasteiger partial charge in [-0.2, -0.15) is 0 Å². The maximum absolute atomic E-state index is 11.5. The van der Waals surface area contributed by atoms with Crippen LogP contribution in [-0.2, 0) is 9.53 Å². The van der Waals surface area contributed by atoms with Crippen molar-refractivity contribution in [3.63, 3.8) is 0 Å². The van der Waals surface area contributed by atoms with Crippen LogP contribution in [0.3, 0.4) is 0 Å². The van der Waals surface area contributed by atoms with Crippen LogP contribution in [0.4, 0.5) is 5.69 Å². The second-order valence-electron chi connectivity index (χ2n) is 4.66. The molecule has 0 spiro atoms. The fourth-order valence-corrected chi connectivity index (χ4v) is 3.04. The van der Waals surface area contributed by atoms with Gasteiger partial charge in [0.15, 0.2) is 0 Å². The van der Waals surface area contributed by atoms with Crippen molar-refractivity contribution in [3.05, 3.63) is 42.5 Å². The molecule has 0 bridgehead atoms. The topological polar surface area (TPSA) is 38.3 Å². The highest BCUT2D eigenvalue weighted by Gasteiger charge is 2.24. The summed E-state index contributed by atoms with van der Waals surface area (Å²) in [6.45, 7) is 0. The third-order valence-corrected chi connectivity index (χ3v) is 4.19. The van der Waals surface area contributed by atoms with Gasteiger partial charge in [-0.05, 0) is 30.9 Å². The Kier molecular flexibility index (Phi) is 5.33. The lowest BCUT2D eigenvalue weighted by atomic mass is 9.88. The summed E-state index contributed by atoms with van der Waals surface area (Å²) in [4.78, 5) is 11.5. The van der Waals surface area contributed by atoms with E-state index < -0.39 is 0 Å². The minimum Gasteiger partial charge on any atom is -0.469 e. The van der Waals surface area contributed by atoms with Crippen LogP contribution >= 0.6 is 11.9 Å². The number of esters is 1. The summed E-state index contributed by atoms with van der Waals surface area (Å²) in [5.74, 6) is 1.32. The minimum atomic E-state index is -0.0876. The van der Waals surface area contributed by atoms with Crippen molar-refractivity contribution in [1.29, 1.82) is 0 Å². The van der Waals surface area contributed by atoms with Gasteiger partial charge in [0.05, 0.1) is 13.0 Å². The molecule has 0 aromatic heterocycles. The number of anilines is 1. The number of methoxy groups -OCH3 is 1. The number of hydrogen-bond donors (Lipinski definition) is 1. The van der Waals surface area contributed by atoms with Crippen molar-refractivity contribution in [1.82, 2.24) is 0 Å². The van der Waals surface area contributed by atoms with Crippen molar-refractivity contribution in [2.24, 2.45) is 11.8 Å². The van der Waals surface area contributed by atoms with Gasteiger partial charge in [-0.25, -0.2) is 0 Å². The number of para-hydroxylation sites is 1. The molecule has 0 radical (unpaired) electrons. The molecule has 0 saturated carbocycles. The van der Waals surface area contributed by atoms with Crippen LogP contribution in [0.2, 0.25) is 0 Å². The Labute approximate surface area is 118 Å². The van der Waals surface area contributed by atoms with E-state index in [0.29, 0.717) is 5.92 Å². The fraction of sp³-hybridized carbons (Fsp3) is 0.400. The summed E-state index contributed by atoms with van der Waals surface area (Å²) >= 11 is 1.68. The average Bonchev–Trinajstić information content (AvgIpc) is 2.48. The van der Waals surface area contributed by atoms with Gasteiger partial charge in [-0.15, -0.1) is 0 Å². The summed E-state index contributed by atoms with van der Waals surface area (Å²) in [6.07, 6.45) is 5.99. The summed E-state index contributed by atoms with van der Waals surface area (Å²) in [5, 5.41) is 0. The number of hydrogen-bond acceptors (Lipinski definition) is 4. The Morgan fingerprint density at radius 1 is 1.42 bits per heavy atom. The van der Waals surface area contributed by atoms with Gasteiger partial charge in [0.25, 0.3) is 0 Å². The molecule has 2 rings (SSSR count). The largest absolute Gasteiger partial charge is 0.469 e. The van der Waals surface area contributed by atoms with Gasteiger partial charge >= 0.3 is 5.97 Å². The van der Waals surface area contributed by atoms with Crippen molar-refractivity contribution < 1.29 is 9.53 Å². The monoisotopic (exact) mass is 277 g/mol. The number of carbonyl (C=O) groups is 1. The van der Waals surface area contributed by atoms with E-state index in [1.165, 1.54) is 7.11 Å². The standard InChI is InChI=1S/C15H19NO2S/c1-18-15(17)13-7-5-6-12(10-13)11-19-16-14-8-3-2-4-9-14/h2-6,8-9,12-13,16H,7,10-11H2,1H3. The lowest BCUT2D eigenvalue weighted by molar-refractivity contribution is -0.145. The third kappa shape index (κ3) is 4.31. The minimum absolute atomic E-state index is 0.0253. The Morgan fingerprint density at radius 2 is 2.21 bits per heavy atom. The first-order chi connectivity index (χ1) is 9.29. The van der Waals surface area contributed by atoms with Crippen molar-refractivity contribution in [2.45, 2.75) is 12.8 Å². The van der Waals surface area contributed by atoms with Crippen LogP contribution in [0.1, 0.15) is 12.8 Å². The highest BCUT2D eigenvalue weighted by atomic mass is 32.2. The van der Waals surface area contributed by atoms with Gasteiger partial charge < -0.3 is 9.46 Å². The van der Waals surface area contributed by atoms with E-state index in [-0.39, 0.29) is 11.9 Å². The summed E-state index contributed by atoms with van der Waals surface area (Å²) in [7, 11) is 1.46. The summed E-state index contributed by atoms with van der Waals surface area (Å²) in [6, 6.07) is 10.1. The zero-order valence-corrected chi connectivity index (χ0v) is 11.9. The van der Waals surface area contributed by atoms with Crippen LogP contribution in [0.15, 0.2) is 42.5 Å². The predicted molar refractivity (Wildman–Crippen MR) is 79.9 cm³/mol. The first-order valence-corrected chi connectivity index (χ1v) is 7.45. The lowest BCUT2D eigenvalue weighted by Crippen LogP contribution is -2.22. The molecule has 3 nitrogen and oxygen atoms in total. The van der Waals surface area contributed by atoms with Gasteiger partial charge in [-0.3, -0.25) is 4.79 Å². The van der Waals surface area contributed by atoms with Crippen LogP contribution in [0.5, 0.6) is 0 Å². The maximum Gasteiger partial charge on any atom is 0.308 e. The molecule has 1 aromatic rings. The Morgan fingerprint density at radius 3 is 2.95 bits per heavy atom. The highest BCUT2D eigenvalue weighted by Crippen LogP contribution is 2.27. The van der Waals surface area contributed by atoms with E-state index in [0.717, 1.165) is 24.3 Å². The van der Waals surface area contributed by atoms with Gasteiger partial charge in [0.2, 0.25) is 0 Å². The van der Waals surface area contributed by atoms with Crippen LogP contribution in [-0.4, -0.2) is 18.8 Å². The number of ether oxygens (including phenoxy) is 1. The quantitative estimate of drug-likeness (QED) is 0.508. The smallest absolute Gasteiger partial charge is 0.308 e. The van der Waals surface area contributed by atoms with Crippen LogP contribution < -0.4 is 4.72 Å². The predicted octanol–water partition coefficient (Wildman–Crippen LogP) is 3.50. The molecule has 4 heteroatoms. The Hall–Kier alpha value is -1.42. The van der Waals surface area contributed by atoms with Crippen molar-refractivity contribution in [3.8, 4) is 0 Å². The van der Waals surface area contributed by atoms with Crippen molar-refractivity contribution >= 4 is 23.6 Å². The van der Waals surface area contributed by atoms with E-state index in [9.17, 15) is 4.79 Å². The van der Waals surface area contributed by atoms with E-state index in [1.54, 1.807) is 11.9 Å². The Bertz CT molecular complexity index is 433. The fourth-order valence-electron chi connectivity index (χ4n) is 2.20. The maximum atomic E-state index is 11.5. The van der Waals surface area contributed by atoms with Crippen LogP contribution in [0.25, 0.3) is 0 Å². The second-order valence-corrected chi connectivity index (χ2v) is 5.48. The molecule has 19 heavy (non-hydrogen) atoms. The molecular weight excluding hydrogens is 258 g/mol. The molecular formula is C15H19NO2S. The number of carbonyl (C=O) groups excluding carboxylic acids is 1.